The fourth-order valence-corrected chi connectivity index (χ4v) is 4.60. The van der Waals surface area contributed by atoms with Crippen LogP contribution >= 0.6 is 0 Å². The molecular weight excluding hydrogens is 496 g/mol. The molecule has 1 aliphatic rings. The summed E-state index contributed by atoms with van der Waals surface area (Å²) in [6.07, 6.45) is 1.26. The van der Waals surface area contributed by atoms with Gasteiger partial charge in [0.05, 0.1) is 14.2 Å². The van der Waals surface area contributed by atoms with Gasteiger partial charge in [-0.1, -0.05) is 36.4 Å². The topological polar surface area (TPSA) is 107 Å². The second-order valence-corrected chi connectivity index (χ2v) is 9.29. The van der Waals surface area contributed by atoms with Gasteiger partial charge in [-0.05, 0) is 53.4 Å². The Morgan fingerprint density at radius 1 is 0.949 bits per heavy atom. The van der Waals surface area contributed by atoms with Crippen LogP contribution in [-0.4, -0.2) is 46.8 Å². The van der Waals surface area contributed by atoms with Gasteiger partial charge in [-0.25, -0.2) is 0 Å². The van der Waals surface area contributed by atoms with E-state index in [0.717, 1.165) is 17.7 Å². The van der Waals surface area contributed by atoms with Crippen LogP contribution in [0.3, 0.4) is 0 Å². The molecule has 0 bridgehead atoms. The first kappa shape index (κ1) is 26.0. The first-order valence-electron chi connectivity index (χ1n) is 12.8. The van der Waals surface area contributed by atoms with E-state index in [4.69, 9.17) is 14.2 Å². The van der Waals surface area contributed by atoms with Gasteiger partial charge in [0.15, 0.2) is 17.3 Å². The molecule has 3 aromatic carbocycles. The Hall–Kier alpha value is -4.66. The van der Waals surface area contributed by atoms with Gasteiger partial charge in [-0.2, -0.15) is 0 Å². The Kier molecular flexibility index (Phi) is 7.86. The van der Waals surface area contributed by atoms with E-state index in [1.165, 1.54) is 11.1 Å². The number of amides is 1. The second kappa shape index (κ2) is 11.8. The quantitative estimate of drug-likeness (QED) is 0.352. The summed E-state index contributed by atoms with van der Waals surface area (Å²) in [6, 6.07) is 21.1. The lowest BCUT2D eigenvalue weighted by molar-refractivity contribution is -0.132. The third kappa shape index (κ3) is 6.09. The van der Waals surface area contributed by atoms with Crippen LogP contribution < -0.4 is 19.8 Å². The van der Waals surface area contributed by atoms with Crippen molar-refractivity contribution in [1.82, 2.24) is 20.1 Å². The van der Waals surface area contributed by atoms with Gasteiger partial charge in [-0.3, -0.25) is 9.59 Å². The number of fused-ring (bicyclic) bond motifs is 1. The number of hydrogen-bond acceptors (Lipinski definition) is 7. The Balaban J connectivity index is 1.22. The molecule has 0 atom stereocenters. The van der Waals surface area contributed by atoms with Gasteiger partial charge >= 0.3 is 0 Å². The number of nitrogens with zero attached hydrogens (tertiary/aromatic N) is 3. The van der Waals surface area contributed by atoms with Gasteiger partial charge in [-0.15, -0.1) is 10.2 Å². The zero-order valence-corrected chi connectivity index (χ0v) is 22.0. The molecule has 0 saturated carbocycles. The SMILES string of the molecule is COc1cccc(COc2ccc(-c3nnc(CCC(=O)N4CCc5ccccc5C4)c(=O)[nH]3)cc2OC)c1. The zero-order chi connectivity index (χ0) is 27.2. The van der Waals surface area contributed by atoms with Crippen LogP contribution in [0.4, 0.5) is 0 Å². The molecule has 39 heavy (non-hydrogen) atoms. The normalized spacial score (nSPS) is 12.5. The van der Waals surface area contributed by atoms with Crippen LogP contribution in [0.15, 0.2) is 71.5 Å². The highest BCUT2D eigenvalue weighted by atomic mass is 16.5. The maximum atomic E-state index is 12.8. The van der Waals surface area contributed by atoms with Crippen LogP contribution in [0.2, 0.25) is 0 Å². The number of H-pyrrole nitrogens is 1. The molecule has 0 radical (unpaired) electrons. The lowest BCUT2D eigenvalue weighted by Gasteiger charge is -2.28. The van der Waals surface area contributed by atoms with E-state index in [1.807, 2.05) is 41.3 Å². The summed E-state index contributed by atoms with van der Waals surface area (Å²) in [5, 5.41) is 8.34. The Labute approximate surface area is 226 Å². The van der Waals surface area contributed by atoms with Crippen molar-refractivity contribution in [3.63, 3.8) is 0 Å². The third-order valence-corrected chi connectivity index (χ3v) is 6.79. The lowest BCUT2D eigenvalue weighted by atomic mass is 9.99. The summed E-state index contributed by atoms with van der Waals surface area (Å²) in [5.41, 5.74) is 3.90. The highest BCUT2D eigenvalue weighted by Gasteiger charge is 2.21. The second-order valence-electron chi connectivity index (χ2n) is 9.29. The first-order chi connectivity index (χ1) is 19.0. The van der Waals surface area contributed by atoms with Crippen molar-refractivity contribution in [2.75, 3.05) is 20.8 Å². The Morgan fingerprint density at radius 2 is 1.79 bits per heavy atom. The highest BCUT2D eigenvalue weighted by molar-refractivity contribution is 5.76. The molecule has 1 aliphatic heterocycles. The zero-order valence-electron chi connectivity index (χ0n) is 22.0. The number of nitrogens with one attached hydrogen (secondary N) is 1. The number of carbonyl (C=O) groups excluding carboxylic acids is 1. The molecule has 1 amide bonds. The summed E-state index contributed by atoms with van der Waals surface area (Å²) >= 11 is 0. The molecule has 1 aromatic heterocycles. The lowest BCUT2D eigenvalue weighted by Crippen LogP contribution is -2.36. The van der Waals surface area contributed by atoms with Crippen molar-refractivity contribution in [3.8, 4) is 28.6 Å². The van der Waals surface area contributed by atoms with Crippen molar-refractivity contribution >= 4 is 5.91 Å². The van der Waals surface area contributed by atoms with Gasteiger partial charge in [0.1, 0.15) is 18.1 Å². The minimum Gasteiger partial charge on any atom is -0.497 e. The van der Waals surface area contributed by atoms with E-state index in [-0.39, 0.29) is 30.0 Å². The minimum atomic E-state index is -0.367. The van der Waals surface area contributed by atoms with E-state index >= 15 is 0 Å². The predicted octanol–water partition coefficient (Wildman–Crippen LogP) is 3.95. The van der Waals surface area contributed by atoms with Crippen LogP contribution in [0, 0.1) is 0 Å². The van der Waals surface area contributed by atoms with Crippen molar-refractivity contribution in [1.29, 1.82) is 0 Å². The molecule has 0 saturated heterocycles. The van der Waals surface area contributed by atoms with Gasteiger partial charge in [0.2, 0.25) is 5.91 Å². The number of aromatic nitrogens is 3. The monoisotopic (exact) mass is 526 g/mol. The fourth-order valence-electron chi connectivity index (χ4n) is 4.60. The van der Waals surface area contributed by atoms with Crippen LogP contribution in [-0.2, 0) is 30.8 Å². The average Bonchev–Trinajstić information content (AvgIpc) is 2.99. The van der Waals surface area contributed by atoms with Crippen LogP contribution in [0.25, 0.3) is 11.4 Å². The summed E-state index contributed by atoms with van der Waals surface area (Å²) in [7, 11) is 3.17. The van der Waals surface area contributed by atoms with E-state index in [9.17, 15) is 9.59 Å². The maximum absolute atomic E-state index is 12.8. The summed E-state index contributed by atoms with van der Waals surface area (Å²) in [4.78, 5) is 30.2. The Morgan fingerprint density at radius 3 is 2.59 bits per heavy atom. The van der Waals surface area contributed by atoms with Crippen molar-refractivity contribution < 1.29 is 19.0 Å². The van der Waals surface area contributed by atoms with Crippen molar-refractivity contribution in [2.24, 2.45) is 0 Å². The van der Waals surface area contributed by atoms with Gasteiger partial charge < -0.3 is 24.1 Å². The number of carbonyl (C=O) groups is 1. The molecule has 200 valence electrons. The number of ether oxygens (including phenoxy) is 3. The van der Waals surface area contributed by atoms with Gasteiger partial charge in [0, 0.05) is 31.5 Å². The number of rotatable bonds is 9. The average molecular weight is 527 g/mol. The standard InChI is InChI=1S/C30H30N4O5/c1-37-24-9-5-6-20(16-24)19-39-26-12-10-22(17-27(26)38-2)29-31-30(36)25(32-33-29)11-13-28(35)34-15-14-21-7-3-4-8-23(21)18-34/h3-10,12,16-17H,11,13-15,18-19H2,1-2H3,(H,31,33,36). The van der Waals surface area contributed by atoms with Crippen LogP contribution in [0.1, 0.15) is 28.8 Å². The third-order valence-electron chi connectivity index (χ3n) is 6.79. The summed E-state index contributed by atoms with van der Waals surface area (Å²) in [6.45, 7) is 1.61. The molecule has 9 heteroatoms. The van der Waals surface area contributed by atoms with E-state index < -0.39 is 0 Å². The molecular formula is C30H30N4O5. The number of aromatic amines is 1. The molecule has 0 unspecified atom stereocenters. The summed E-state index contributed by atoms with van der Waals surface area (Å²) < 4.78 is 16.7. The predicted molar refractivity (Wildman–Crippen MR) is 146 cm³/mol. The fraction of sp³-hybridized carbons (Fsp3) is 0.267. The largest absolute Gasteiger partial charge is 0.497 e. The van der Waals surface area contributed by atoms with Crippen molar-refractivity contribution in [2.45, 2.75) is 32.4 Å². The molecule has 0 fully saturated rings. The molecule has 2 heterocycles. The van der Waals surface area contributed by atoms with Crippen molar-refractivity contribution in [3.05, 3.63) is 99.5 Å². The van der Waals surface area contributed by atoms with E-state index in [0.29, 0.717) is 42.6 Å². The highest BCUT2D eigenvalue weighted by Crippen LogP contribution is 2.32. The number of methoxy groups -OCH3 is 2. The first-order valence-corrected chi connectivity index (χ1v) is 12.8. The smallest absolute Gasteiger partial charge is 0.273 e. The minimum absolute atomic E-state index is 0.00375. The molecule has 1 N–H and O–H groups in total. The molecule has 4 aromatic rings. The Bertz CT molecular complexity index is 1530. The molecule has 5 rings (SSSR count). The molecule has 0 spiro atoms. The van der Waals surface area contributed by atoms with Gasteiger partial charge in [0.25, 0.3) is 5.56 Å². The molecule has 9 nitrogen and oxygen atoms in total. The number of aryl methyl sites for hydroxylation is 1. The number of hydrogen-bond donors (Lipinski definition) is 1. The number of benzene rings is 3. The summed E-state index contributed by atoms with van der Waals surface area (Å²) in [5.74, 6) is 2.11. The molecule has 0 aliphatic carbocycles. The maximum Gasteiger partial charge on any atom is 0.273 e. The van der Waals surface area contributed by atoms with E-state index in [2.05, 4.69) is 27.3 Å². The van der Waals surface area contributed by atoms with Crippen LogP contribution in [0.5, 0.6) is 17.2 Å². The van der Waals surface area contributed by atoms with E-state index in [1.54, 1.807) is 32.4 Å².